The van der Waals surface area contributed by atoms with E-state index in [1.807, 2.05) is 17.5 Å². The highest BCUT2D eigenvalue weighted by molar-refractivity contribution is 7.09. The van der Waals surface area contributed by atoms with E-state index in [0.29, 0.717) is 19.2 Å². The van der Waals surface area contributed by atoms with Crippen LogP contribution in [0.5, 0.6) is 0 Å². The molecular weight excluding hydrogens is 329 g/mol. The van der Waals surface area contributed by atoms with Crippen LogP contribution in [0.3, 0.4) is 0 Å². The normalized spacial score (nSPS) is 11.5. The summed E-state index contributed by atoms with van der Waals surface area (Å²) in [5.74, 6) is -0.401. The van der Waals surface area contributed by atoms with Gasteiger partial charge in [0.05, 0.1) is 6.54 Å². The van der Waals surface area contributed by atoms with Crippen molar-refractivity contribution in [1.29, 1.82) is 0 Å². The molecule has 0 aromatic carbocycles. The quantitative estimate of drug-likeness (QED) is 0.837. The van der Waals surface area contributed by atoms with Gasteiger partial charge in [-0.1, -0.05) is 6.07 Å². The van der Waals surface area contributed by atoms with Gasteiger partial charge in [0, 0.05) is 17.6 Å². The van der Waals surface area contributed by atoms with E-state index in [1.165, 1.54) is 22.4 Å². The van der Waals surface area contributed by atoms with Crippen molar-refractivity contribution in [2.45, 2.75) is 26.2 Å². The molecule has 0 aliphatic heterocycles. The molecule has 0 atom stereocenters. The molecule has 124 valence electrons. The van der Waals surface area contributed by atoms with Gasteiger partial charge in [-0.25, -0.2) is 0 Å². The Hall–Kier alpha value is -2.09. The number of rotatable bonds is 5. The first kappa shape index (κ1) is 17.3. The Bertz CT molecular complexity index is 723. The number of nitrogens with zero attached hydrogens (tertiary/aromatic N) is 2. The third-order valence-electron chi connectivity index (χ3n) is 3.29. The van der Waals surface area contributed by atoms with Crippen molar-refractivity contribution in [3.63, 3.8) is 0 Å². The highest BCUT2D eigenvalue weighted by Gasteiger charge is 2.34. The number of carbonyl (C=O) groups excluding carboxylic acids is 1. The molecular formula is C15H15F3N2O2S. The van der Waals surface area contributed by atoms with Gasteiger partial charge < -0.3 is 9.47 Å². The summed E-state index contributed by atoms with van der Waals surface area (Å²) in [7, 11) is 0. The highest BCUT2D eigenvalue weighted by atomic mass is 32.1. The maximum Gasteiger partial charge on any atom is 0.421 e. The molecule has 0 fully saturated rings. The lowest BCUT2D eigenvalue weighted by Crippen LogP contribution is -2.37. The lowest BCUT2D eigenvalue weighted by atomic mass is 10.2. The van der Waals surface area contributed by atoms with Gasteiger partial charge in [-0.05, 0) is 30.5 Å². The van der Waals surface area contributed by atoms with Crippen molar-refractivity contribution in [1.82, 2.24) is 9.47 Å². The van der Waals surface area contributed by atoms with E-state index in [4.69, 9.17) is 0 Å². The van der Waals surface area contributed by atoms with Crippen LogP contribution in [0.25, 0.3) is 0 Å². The van der Waals surface area contributed by atoms with Gasteiger partial charge in [0.25, 0.3) is 5.56 Å². The summed E-state index contributed by atoms with van der Waals surface area (Å²) >= 11 is 1.49. The molecule has 2 aromatic heterocycles. The number of aromatic nitrogens is 1. The zero-order chi connectivity index (χ0) is 17.0. The van der Waals surface area contributed by atoms with Gasteiger partial charge in [-0.2, -0.15) is 13.2 Å². The Balaban J connectivity index is 2.18. The van der Waals surface area contributed by atoms with Crippen LogP contribution in [-0.4, -0.2) is 21.9 Å². The largest absolute Gasteiger partial charge is 0.421 e. The number of halogens is 3. The Morgan fingerprint density at radius 1 is 1.30 bits per heavy atom. The van der Waals surface area contributed by atoms with Gasteiger partial charge >= 0.3 is 6.18 Å². The number of hydrogen-bond acceptors (Lipinski definition) is 3. The maximum absolute atomic E-state index is 12.7. The van der Waals surface area contributed by atoms with Crippen LogP contribution >= 0.6 is 11.3 Å². The monoisotopic (exact) mass is 344 g/mol. The molecule has 0 spiro atoms. The zero-order valence-electron chi connectivity index (χ0n) is 12.3. The van der Waals surface area contributed by atoms with Crippen LogP contribution in [0.4, 0.5) is 13.2 Å². The number of likely N-dealkylation sites (N-methyl/N-ethyl adjacent to an activating group) is 1. The molecule has 0 N–H and O–H groups in total. The Labute approximate surface area is 134 Å². The lowest BCUT2D eigenvalue weighted by Gasteiger charge is -2.21. The lowest BCUT2D eigenvalue weighted by molar-refractivity contribution is -0.139. The molecule has 8 heteroatoms. The van der Waals surface area contributed by atoms with Crippen molar-refractivity contribution in [3.05, 3.63) is 56.6 Å². The average molecular weight is 344 g/mol. The number of hydrogen-bond donors (Lipinski definition) is 0. The number of amides is 1. The van der Waals surface area contributed by atoms with E-state index in [-0.39, 0.29) is 0 Å². The summed E-state index contributed by atoms with van der Waals surface area (Å²) < 4.78 is 39.0. The molecule has 0 unspecified atom stereocenters. The van der Waals surface area contributed by atoms with Crippen LogP contribution in [0.2, 0.25) is 0 Å². The average Bonchev–Trinajstić information content (AvgIpc) is 2.98. The molecule has 0 bridgehead atoms. The van der Waals surface area contributed by atoms with Crippen molar-refractivity contribution in [3.8, 4) is 0 Å². The summed E-state index contributed by atoms with van der Waals surface area (Å²) in [5, 5.41) is 1.88. The van der Waals surface area contributed by atoms with Crippen LogP contribution in [0, 0.1) is 0 Å². The minimum atomic E-state index is -4.73. The van der Waals surface area contributed by atoms with Crippen molar-refractivity contribution < 1.29 is 18.0 Å². The molecule has 23 heavy (non-hydrogen) atoms. The molecule has 0 radical (unpaired) electrons. The van der Waals surface area contributed by atoms with Gasteiger partial charge in [-0.15, -0.1) is 11.3 Å². The van der Waals surface area contributed by atoms with Crippen molar-refractivity contribution >= 4 is 17.2 Å². The SMILES string of the molecule is CCN(Cc1cccs1)C(=O)Cn1cccc(C(F)(F)F)c1=O. The predicted octanol–water partition coefficient (Wildman–Crippen LogP) is 2.98. The predicted molar refractivity (Wildman–Crippen MR) is 81.1 cm³/mol. The molecule has 0 aliphatic rings. The van der Waals surface area contributed by atoms with Crippen LogP contribution in [-0.2, 0) is 24.1 Å². The van der Waals surface area contributed by atoms with E-state index < -0.39 is 29.8 Å². The second-order valence-corrected chi connectivity index (χ2v) is 5.87. The van der Waals surface area contributed by atoms with Crippen LogP contribution in [0.15, 0.2) is 40.6 Å². The Morgan fingerprint density at radius 2 is 2.04 bits per heavy atom. The van der Waals surface area contributed by atoms with E-state index in [0.717, 1.165) is 15.5 Å². The van der Waals surface area contributed by atoms with Crippen molar-refractivity contribution in [2.75, 3.05) is 6.54 Å². The van der Waals surface area contributed by atoms with E-state index in [9.17, 15) is 22.8 Å². The molecule has 1 amide bonds. The van der Waals surface area contributed by atoms with Crippen molar-refractivity contribution in [2.24, 2.45) is 0 Å². The fourth-order valence-electron chi connectivity index (χ4n) is 2.09. The topological polar surface area (TPSA) is 42.3 Å². The Morgan fingerprint density at radius 3 is 2.61 bits per heavy atom. The third-order valence-corrected chi connectivity index (χ3v) is 4.15. The fourth-order valence-corrected chi connectivity index (χ4v) is 2.81. The van der Waals surface area contributed by atoms with Gasteiger partial charge in [-0.3, -0.25) is 9.59 Å². The van der Waals surface area contributed by atoms with E-state index in [1.54, 1.807) is 6.92 Å². The number of alkyl halides is 3. The van der Waals surface area contributed by atoms with E-state index >= 15 is 0 Å². The molecule has 0 saturated carbocycles. The second-order valence-electron chi connectivity index (χ2n) is 4.84. The highest BCUT2D eigenvalue weighted by Crippen LogP contribution is 2.26. The third kappa shape index (κ3) is 4.22. The standard InChI is InChI=1S/C15H15F3N2O2S/c1-2-19(9-11-5-4-8-23-11)13(21)10-20-7-3-6-12(14(20)22)15(16,17)18/h3-8H,2,9-10H2,1H3. The minimum absolute atomic E-state index is 0.376. The number of thiophene rings is 1. The van der Waals surface area contributed by atoms with E-state index in [2.05, 4.69) is 0 Å². The number of carbonyl (C=O) groups is 1. The second kappa shape index (κ2) is 6.99. The minimum Gasteiger partial charge on any atom is -0.336 e. The summed E-state index contributed by atoms with van der Waals surface area (Å²) in [5.41, 5.74) is -2.48. The first-order valence-electron chi connectivity index (χ1n) is 6.89. The zero-order valence-corrected chi connectivity index (χ0v) is 13.2. The molecule has 2 heterocycles. The maximum atomic E-state index is 12.7. The molecule has 4 nitrogen and oxygen atoms in total. The Kier molecular flexibility index (Phi) is 5.25. The molecule has 2 aromatic rings. The number of pyridine rings is 1. The first-order chi connectivity index (χ1) is 10.8. The van der Waals surface area contributed by atoms with Crippen LogP contribution in [0.1, 0.15) is 17.4 Å². The summed E-state index contributed by atoms with van der Waals surface area (Å²) in [6, 6.07) is 5.56. The van der Waals surface area contributed by atoms with Crippen LogP contribution < -0.4 is 5.56 Å². The van der Waals surface area contributed by atoms with Gasteiger partial charge in [0.1, 0.15) is 12.1 Å². The first-order valence-corrected chi connectivity index (χ1v) is 7.77. The molecule has 0 aliphatic carbocycles. The molecule has 0 saturated heterocycles. The summed E-state index contributed by atoms with van der Waals surface area (Å²) in [4.78, 5) is 26.6. The molecule has 2 rings (SSSR count). The smallest absolute Gasteiger partial charge is 0.336 e. The van der Waals surface area contributed by atoms with Gasteiger partial charge in [0.15, 0.2) is 0 Å². The summed E-state index contributed by atoms with van der Waals surface area (Å²) in [6.45, 7) is 2.15. The van der Waals surface area contributed by atoms with Gasteiger partial charge in [0.2, 0.25) is 5.91 Å². The summed E-state index contributed by atoms with van der Waals surface area (Å²) in [6.07, 6.45) is -3.54. The fraction of sp³-hybridized carbons (Fsp3) is 0.333.